The van der Waals surface area contributed by atoms with Gasteiger partial charge in [0.25, 0.3) is 0 Å². The molecule has 1 heterocycles. The Hall–Kier alpha value is -2.80. The molecule has 1 heteroatoms. The van der Waals surface area contributed by atoms with Crippen LogP contribution in [0, 0.1) is 0 Å². The second-order valence-corrected chi connectivity index (χ2v) is 5.52. The molecule has 0 unspecified atom stereocenters. The molecule has 0 saturated heterocycles. The summed E-state index contributed by atoms with van der Waals surface area (Å²) in [4.78, 5) is 3.32. The average molecular weight is 267 g/mol. The maximum atomic E-state index is 3.32. The summed E-state index contributed by atoms with van der Waals surface area (Å²) in [6, 6.07) is 24.0. The Morgan fingerprint density at radius 2 is 1.05 bits per heavy atom. The van der Waals surface area contributed by atoms with Gasteiger partial charge in [0.15, 0.2) is 0 Å². The number of H-pyrrole nitrogens is 1. The van der Waals surface area contributed by atoms with Crippen LogP contribution in [0.25, 0.3) is 43.2 Å². The van der Waals surface area contributed by atoms with E-state index in [0.29, 0.717) is 0 Å². The van der Waals surface area contributed by atoms with Gasteiger partial charge in [0.1, 0.15) is 0 Å². The van der Waals surface area contributed by atoms with E-state index in [1.807, 2.05) is 6.20 Å². The Bertz CT molecular complexity index is 1100. The number of aromatic nitrogens is 1. The molecule has 4 aromatic carbocycles. The molecule has 1 N–H and O–H groups in total. The zero-order chi connectivity index (χ0) is 13.8. The molecule has 98 valence electrons. The van der Waals surface area contributed by atoms with E-state index in [1.54, 1.807) is 0 Å². The van der Waals surface area contributed by atoms with Crippen LogP contribution in [0.4, 0.5) is 0 Å². The summed E-state index contributed by atoms with van der Waals surface area (Å²) in [5.74, 6) is 0. The highest BCUT2D eigenvalue weighted by molar-refractivity contribution is 6.31. The van der Waals surface area contributed by atoms with E-state index in [2.05, 4.69) is 71.7 Å². The summed E-state index contributed by atoms with van der Waals surface area (Å²) in [7, 11) is 0. The smallest absolute Gasteiger partial charge is 0.0460 e. The first kappa shape index (κ1) is 10.9. The first-order valence-corrected chi connectivity index (χ1v) is 7.23. The van der Waals surface area contributed by atoms with Crippen molar-refractivity contribution >= 4 is 43.2 Å². The van der Waals surface area contributed by atoms with Crippen LogP contribution in [-0.2, 0) is 0 Å². The summed E-state index contributed by atoms with van der Waals surface area (Å²) in [5.41, 5.74) is 1.20. The monoisotopic (exact) mass is 267 g/mol. The van der Waals surface area contributed by atoms with Gasteiger partial charge in [-0.3, -0.25) is 0 Å². The van der Waals surface area contributed by atoms with Crippen molar-refractivity contribution in [1.82, 2.24) is 4.98 Å². The van der Waals surface area contributed by atoms with Crippen LogP contribution in [-0.4, -0.2) is 4.98 Å². The van der Waals surface area contributed by atoms with Crippen LogP contribution in [0.15, 0.2) is 72.9 Å². The third-order valence-corrected chi connectivity index (χ3v) is 4.44. The number of hydrogen-bond donors (Lipinski definition) is 1. The maximum Gasteiger partial charge on any atom is 0.0460 e. The number of hydrogen-bond acceptors (Lipinski definition) is 0. The van der Waals surface area contributed by atoms with E-state index in [9.17, 15) is 0 Å². The highest BCUT2D eigenvalue weighted by Gasteiger charge is 2.10. The van der Waals surface area contributed by atoms with E-state index >= 15 is 0 Å². The number of aromatic amines is 1. The summed E-state index contributed by atoms with van der Waals surface area (Å²) in [6.07, 6.45) is 2.02. The predicted octanol–water partition coefficient (Wildman–Crippen LogP) is 5.63. The molecular weight excluding hydrogens is 254 g/mol. The molecule has 1 nitrogen and oxygen atoms in total. The maximum absolute atomic E-state index is 3.32. The Morgan fingerprint density at radius 3 is 1.76 bits per heavy atom. The van der Waals surface area contributed by atoms with Crippen molar-refractivity contribution in [3.05, 3.63) is 72.9 Å². The third kappa shape index (κ3) is 1.35. The van der Waals surface area contributed by atoms with Crippen molar-refractivity contribution in [2.45, 2.75) is 0 Å². The van der Waals surface area contributed by atoms with Gasteiger partial charge in [0.2, 0.25) is 0 Å². The lowest BCUT2D eigenvalue weighted by atomic mass is 9.93. The third-order valence-electron chi connectivity index (χ3n) is 4.44. The molecule has 0 aliphatic heterocycles. The fourth-order valence-corrected chi connectivity index (χ4v) is 3.54. The summed E-state index contributed by atoms with van der Waals surface area (Å²) >= 11 is 0. The van der Waals surface area contributed by atoms with Crippen molar-refractivity contribution < 1.29 is 0 Å². The number of rotatable bonds is 0. The number of fused-ring (bicyclic) bond motifs is 8. The van der Waals surface area contributed by atoms with Crippen LogP contribution >= 0.6 is 0 Å². The zero-order valence-corrected chi connectivity index (χ0v) is 11.4. The van der Waals surface area contributed by atoms with Crippen molar-refractivity contribution in [1.29, 1.82) is 0 Å². The molecule has 0 bridgehead atoms. The van der Waals surface area contributed by atoms with E-state index in [4.69, 9.17) is 0 Å². The Labute approximate surface area is 121 Å². The van der Waals surface area contributed by atoms with Crippen molar-refractivity contribution in [2.75, 3.05) is 0 Å². The Kier molecular flexibility index (Phi) is 2.01. The SMILES string of the molecule is c1ccc2c(c1)c1ccccc1c1c3cc[nH]c3ccc21. The lowest BCUT2D eigenvalue weighted by molar-refractivity contribution is 1.48. The van der Waals surface area contributed by atoms with Gasteiger partial charge < -0.3 is 4.98 Å². The zero-order valence-electron chi connectivity index (χ0n) is 11.4. The molecule has 0 spiro atoms. The van der Waals surface area contributed by atoms with Gasteiger partial charge in [-0.15, -0.1) is 0 Å². The second kappa shape index (κ2) is 3.86. The minimum Gasteiger partial charge on any atom is -0.361 e. The van der Waals surface area contributed by atoms with Crippen LogP contribution < -0.4 is 0 Å². The van der Waals surface area contributed by atoms with Gasteiger partial charge in [-0.1, -0.05) is 54.6 Å². The van der Waals surface area contributed by atoms with Crippen LogP contribution in [0.1, 0.15) is 0 Å². The van der Waals surface area contributed by atoms with Crippen molar-refractivity contribution in [3.63, 3.8) is 0 Å². The highest BCUT2D eigenvalue weighted by atomic mass is 14.7. The molecule has 5 aromatic rings. The standard InChI is InChI=1S/C20H13N/c1-2-7-15-13(5-1)14-6-3-4-8-16(14)20-17(15)9-10-19-18(20)11-12-21-19/h1-12,21H. The van der Waals surface area contributed by atoms with E-state index < -0.39 is 0 Å². The first-order chi connectivity index (χ1) is 10.4. The molecule has 0 fully saturated rings. The average Bonchev–Trinajstić information content (AvgIpc) is 3.03. The van der Waals surface area contributed by atoms with Gasteiger partial charge in [0.05, 0.1) is 0 Å². The van der Waals surface area contributed by atoms with Crippen LogP contribution in [0.5, 0.6) is 0 Å². The van der Waals surface area contributed by atoms with E-state index in [0.717, 1.165) is 0 Å². The van der Waals surface area contributed by atoms with Gasteiger partial charge >= 0.3 is 0 Å². The molecule has 0 aliphatic carbocycles. The summed E-state index contributed by atoms with van der Waals surface area (Å²) < 4.78 is 0. The molecule has 0 atom stereocenters. The van der Waals surface area contributed by atoms with E-state index in [-0.39, 0.29) is 0 Å². The van der Waals surface area contributed by atoms with Crippen molar-refractivity contribution in [3.8, 4) is 0 Å². The predicted molar refractivity (Wildman–Crippen MR) is 90.8 cm³/mol. The van der Waals surface area contributed by atoms with Gasteiger partial charge in [0, 0.05) is 17.1 Å². The Morgan fingerprint density at radius 1 is 0.476 bits per heavy atom. The molecule has 0 aliphatic rings. The van der Waals surface area contributed by atoms with Gasteiger partial charge in [-0.25, -0.2) is 0 Å². The van der Waals surface area contributed by atoms with Gasteiger partial charge in [-0.05, 0) is 44.5 Å². The molecule has 0 saturated carbocycles. The fraction of sp³-hybridized carbons (Fsp3) is 0. The summed E-state index contributed by atoms with van der Waals surface area (Å²) in [5, 5.41) is 9.30. The fourth-order valence-electron chi connectivity index (χ4n) is 3.54. The van der Waals surface area contributed by atoms with E-state index in [1.165, 1.54) is 43.2 Å². The topological polar surface area (TPSA) is 15.8 Å². The van der Waals surface area contributed by atoms with Crippen LogP contribution in [0.3, 0.4) is 0 Å². The molecule has 1 aromatic heterocycles. The normalized spacial score (nSPS) is 11.8. The second-order valence-electron chi connectivity index (χ2n) is 5.52. The lowest BCUT2D eigenvalue weighted by Gasteiger charge is -2.11. The molecule has 21 heavy (non-hydrogen) atoms. The molecule has 0 amide bonds. The Balaban J connectivity index is 2.26. The quantitative estimate of drug-likeness (QED) is 0.350. The van der Waals surface area contributed by atoms with Gasteiger partial charge in [-0.2, -0.15) is 0 Å². The molecule has 0 radical (unpaired) electrons. The van der Waals surface area contributed by atoms with Crippen molar-refractivity contribution in [2.24, 2.45) is 0 Å². The minimum atomic E-state index is 1.20. The number of benzene rings is 4. The highest BCUT2D eigenvalue weighted by Crippen LogP contribution is 2.38. The summed E-state index contributed by atoms with van der Waals surface area (Å²) in [6.45, 7) is 0. The molecular formula is C20H13N. The minimum absolute atomic E-state index is 1.20. The largest absolute Gasteiger partial charge is 0.361 e. The lowest BCUT2D eigenvalue weighted by Crippen LogP contribution is -1.83. The first-order valence-electron chi connectivity index (χ1n) is 7.23. The number of nitrogens with one attached hydrogen (secondary N) is 1. The van der Waals surface area contributed by atoms with Crippen LogP contribution in [0.2, 0.25) is 0 Å². The molecule has 5 rings (SSSR count).